The van der Waals surface area contributed by atoms with E-state index in [-0.39, 0.29) is 0 Å². The Morgan fingerprint density at radius 2 is 2.27 bits per heavy atom. The van der Waals surface area contributed by atoms with Gasteiger partial charge >= 0.3 is 0 Å². The molecular formula is C10H16O. The summed E-state index contributed by atoms with van der Waals surface area (Å²) in [5, 5.41) is 8.75. The molecule has 0 saturated carbocycles. The second kappa shape index (κ2) is 7.37. The van der Waals surface area contributed by atoms with Crippen molar-refractivity contribution < 1.29 is 5.11 Å². The normalized spacial score (nSPS) is 12.6. The molecule has 1 unspecified atom stereocenters. The molecule has 1 nitrogen and oxygen atoms in total. The number of aliphatic hydroxyl groups excluding tert-OH is 1. The smallest absolute Gasteiger partial charge is 0.112 e. The van der Waals surface area contributed by atoms with Crippen molar-refractivity contribution in [3.05, 3.63) is 12.2 Å². The molecule has 0 fully saturated rings. The minimum Gasteiger partial charge on any atom is -0.381 e. The lowest BCUT2D eigenvalue weighted by molar-refractivity contribution is 0.253. The van der Waals surface area contributed by atoms with Crippen LogP contribution in [-0.2, 0) is 0 Å². The highest BCUT2D eigenvalue weighted by molar-refractivity contribution is 5.16. The molecule has 0 spiro atoms. The van der Waals surface area contributed by atoms with E-state index in [1.54, 1.807) is 6.92 Å². The maximum atomic E-state index is 8.75. The molecule has 0 amide bonds. The van der Waals surface area contributed by atoms with Crippen molar-refractivity contribution in [2.45, 2.75) is 39.2 Å². The molecule has 0 aromatic heterocycles. The van der Waals surface area contributed by atoms with E-state index in [2.05, 4.69) is 18.8 Å². The average molecular weight is 152 g/mol. The van der Waals surface area contributed by atoms with Crippen LogP contribution in [0.15, 0.2) is 12.2 Å². The van der Waals surface area contributed by atoms with Gasteiger partial charge in [0.25, 0.3) is 0 Å². The van der Waals surface area contributed by atoms with Gasteiger partial charge in [-0.1, -0.05) is 37.7 Å². The van der Waals surface area contributed by atoms with Gasteiger partial charge in [-0.3, -0.25) is 0 Å². The van der Waals surface area contributed by atoms with Crippen LogP contribution in [0.2, 0.25) is 0 Å². The highest BCUT2D eigenvalue weighted by atomic mass is 16.3. The topological polar surface area (TPSA) is 20.2 Å². The molecule has 0 aliphatic carbocycles. The van der Waals surface area contributed by atoms with E-state index in [1.165, 1.54) is 12.8 Å². The Morgan fingerprint density at radius 1 is 1.55 bits per heavy atom. The molecule has 1 atom stereocenters. The lowest BCUT2D eigenvalue weighted by Gasteiger charge is -1.86. The summed E-state index contributed by atoms with van der Waals surface area (Å²) in [6.45, 7) is 3.82. The van der Waals surface area contributed by atoms with Gasteiger partial charge in [-0.05, 0) is 19.4 Å². The number of aliphatic hydroxyl groups is 1. The summed E-state index contributed by atoms with van der Waals surface area (Å²) in [6, 6.07) is 0. The highest BCUT2D eigenvalue weighted by Gasteiger charge is 1.79. The molecule has 62 valence electrons. The van der Waals surface area contributed by atoms with Crippen LogP contribution in [0.5, 0.6) is 0 Å². The molecule has 0 aliphatic rings. The minimum absolute atomic E-state index is 0.508. The van der Waals surface area contributed by atoms with E-state index < -0.39 is 6.10 Å². The summed E-state index contributed by atoms with van der Waals surface area (Å²) < 4.78 is 0. The van der Waals surface area contributed by atoms with Gasteiger partial charge in [-0.15, -0.1) is 0 Å². The van der Waals surface area contributed by atoms with Gasteiger partial charge in [-0.25, -0.2) is 0 Å². The van der Waals surface area contributed by atoms with Crippen LogP contribution < -0.4 is 0 Å². The summed E-state index contributed by atoms with van der Waals surface area (Å²) in [4.78, 5) is 0. The Labute approximate surface area is 69.1 Å². The summed E-state index contributed by atoms with van der Waals surface area (Å²) in [5.74, 6) is 5.40. The second-order valence-corrected chi connectivity index (χ2v) is 2.51. The van der Waals surface area contributed by atoms with Crippen LogP contribution in [-0.4, -0.2) is 11.2 Å². The lowest BCUT2D eigenvalue weighted by atomic mass is 10.2. The fraction of sp³-hybridized carbons (Fsp3) is 0.600. The molecule has 11 heavy (non-hydrogen) atoms. The van der Waals surface area contributed by atoms with Crippen molar-refractivity contribution in [1.29, 1.82) is 0 Å². The third-order valence-electron chi connectivity index (χ3n) is 1.22. The summed E-state index contributed by atoms with van der Waals surface area (Å²) in [6.07, 6.45) is 6.86. The Balaban J connectivity index is 3.38. The van der Waals surface area contributed by atoms with Crippen molar-refractivity contribution in [3.63, 3.8) is 0 Å². The Hall–Kier alpha value is -0.740. The first-order chi connectivity index (χ1) is 5.27. The van der Waals surface area contributed by atoms with E-state index in [4.69, 9.17) is 5.11 Å². The monoisotopic (exact) mass is 152 g/mol. The highest BCUT2D eigenvalue weighted by Crippen LogP contribution is 1.93. The Morgan fingerprint density at radius 3 is 2.82 bits per heavy atom. The fourth-order valence-electron chi connectivity index (χ4n) is 0.633. The number of allylic oxidation sites excluding steroid dienone is 2. The standard InChI is InChI=1S/C10H16O/c1-3-4-5-6-7-8-9-10(2)11/h6-7,10-11H,3-5H2,1-2H3/b7-6-. The van der Waals surface area contributed by atoms with Gasteiger partial charge in [0.05, 0.1) is 0 Å². The quantitative estimate of drug-likeness (QED) is 0.485. The molecule has 0 aromatic carbocycles. The van der Waals surface area contributed by atoms with Crippen LogP contribution in [0.1, 0.15) is 33.1 Å². The molecule has 0 radical (unpaired) electrons. The van der Waals surface area contributed by atoms with Crippen LogP contribution in [0, 0.1) is 11.8 Å². The first kappa shape index (κ1) is 10.3. The predicted molar refractivity (Wildman–Crippen MR) is 48.1 cm³/mol. The molecule has 0 saturated heterocycles. The van der Waals surface area contributed by atoms with Gasteiger partial charge in [-0.2, -0.15) is 0 Å². The zero-order chi connectivity index (χ0) is 8.53. The number of hydrogen-bond donors (Lipinski definition) is 1. The Kier molecular flexibility index (Phi) is 6.87. The molecule has 1 N–H and O–H groups in total. The van der Waals surface area contributed by atoms with E-state index in [1.807, 2.05) is 12.2 Å². The van der Waals surface area contributed by atoms with Crippen molar-refractivity contribution in [2.75, 3.05) is 0 Å². The predicted octanol–water partition coefficient (Wildman–Crippen LogP) is 2.12. The van der Waals surface area contributed by atoms with E-state index in [9.17, 15) is 0 Å². The second-order valence-electron chi connectivity index (χ2n) is 2.51. The molecule has 0 bridgehead atoms. The number of unbranched alkanes of at least 4 members (excludes halogenated alkanes) is 2. The SMILES string of the molecule is CCCC/C=C\C#CC(C)O. The maximum absolute atomic E-state index is 8.75. The van der Waals surface area contributed by atoms with Crippen molar-refractivity contribution in [1.82, 2.24) is 0 Å². The van der Waals surface area contributed by atoms with Gasteiger partial charge in [0.15, 0.2) is 0 Å². The van der Waals surface area contributed by atoms with Crippen molar-refractivity contribution in [2.24, 2.45) is 0 Å². The number of hydrogen-bond acceptors (Lipinski definition) is 1. The van der Waals surface area contributed by atoms with Crippen LogP contribution in [0.25, 0.3) is 0 Å². The number of rotatable bonds is 3. The zero-order valence-corrected chi connectivity index (χ0v) is 7.30. The van der Waals surface area contributed by atoms with Crippen LogP contribution in [0.3, 0.4) is 0 Å². The molecule has 0 aromatic rings. The van der Waals surface area contributed by atoms with Gasteiger partial charge in [0.2, 0.25) is 0 Å². The largest absolute Gasteiger partial charge is 0.381 e. The first-order valence-electron chi connectivity index (χ1n) is 4.11. The fourth-order valence-corrected chi connectivity index (χ4v) is 0.633. The van der Waals surface area contributed by atoms with Gasteiger partial charge in [0.1, 0.15) is 6.10 Å². The summed E-state index contributed by atoms with van der Waals surface area (Å²) in [5.41, 5.74) is 0. The minimum atomic E-state index is -0.508. The Bertz CT molecular complexity index is 157. The van der Waals surface area contributed by atoms with Gasteiger partial charge < -0.3 is 5.11 Å². The van der Waals surface area contributed by atoms with Crippen LogP contribution >= 0.6 is 0 Å². The van der Waals surface area contributed by atoms with Crippen LogP contribution in [0.4, 0.5) is 0 Å². The molecule has 0 heterocycles. The van der Waals surface area contributed by atoms with Crippen molar-refractivity contribution in [3.8, 4) is 11.8 Å². The average Bonchev–Trinajstić information content (AvgIpc) is 1.96. The first-order valence-corrected chi connectivity index (χ1v) is 4.11. The van der Waals surface area contributed by atoms with Gasteiger partial charge in [0, 0.05) is 0 Å². The van der Waals surface area contributed by atoms with E-state index in [0.717, 1.165) is 6.42 Å². The maximum Gasteiger partial charge on any atom is 0.112 e. The zero-order valence-electron chi connectivity index (χ0n) is 7.30. The molecule has 1 heteroatoms. The molecule has 0 aliphatic heterocycles. The third-order valence-corrected chi connectivity index (χ3v) is 1.22. The summed E-state index contributed by atoms with van der Waals surface area (Å²) >= 11 is 0. The van der Waals surface area contributed by atoms with Crippen molar-refractivity contribution >= 4 is 0 Å². The van der Waals surface area contributed by atoms with E-state index >= 15 is 0 Å². The molecule has 0 rings (SSSR count). The summed E-state index contributed by atoms with van der Waals surface area (Å²) in [7, 11) is 0. The lowest BCUT2D eigenvalue weighted by Crippen LogP contribution is -1.91. The molecular weight excluding hydrogens is 136 g/mol. The third kappa shape index (κ3) is 9.26. The van der Waals surface area contributed by atoms with E-state index in [0.29, 0.717) is 0 Å².